The van der Waals surface area contributed by atoms with E-state index >= 15 is 0 Å². The summed E-state index contributed by atoms with van der Waals surface area (Å²) < 4.78 is 5.20. The molecule has 0 aliphatic carbocycles. The van der Waals surface area contributed by atoms with Gasteiger partial charge in [0.05, 0.1) is 7.11 Å². The normalized spacial score (nSPS) is 16.8. The Balaban J connectivity index is 1.81. The zero-order valence-electron chi connectivity index (χ0n) is 12.8. The molecule has 1 aliphatic rings. The lowest BCUT2D eigenvalue weighted by Crippen LogP contribution is -2.34. The van der Waals surface area contributed by atoms with Gasteiger partial charge in [0.1, 0.15) is 5.75 Å². The van der Waals surface area contributed by atoms with Gasteiger partial charge in [-0.3, -0.25) is 4.79 Å². The number of hydrogen-bond donors (Lipinski definition) is 0. The molecule has 0 saturated carbocycles. The predicted molar refractivity (Wildman–Crippen MR) is 89.1 cm³/mol. The van der Waals surface area contributed by atoms with Crippen LogP contribution in [0.5, 0.6) is 5.75 Å². The Hall–Kier alpha value is -2.55. The van der Waals surface area contributed by atoms with Gasteiger partial charge >= 0.3 is 0 Å². The highest BCUT2D eigenvalue weighted by Crippen LogP contribution is 2.32. The zero-order valence-corrected chi connectivity index (χ0v) is 12.8. The molecule has 0 fully saturated rings. The van der Waals surface area contributed by atoms with E-state index in [-0.39, 0.29) is 11.9 Å². The third-order valence-corrected chi connectivity index (χ3v) is 3.96. The van der Waals surface area contributed by atoms with Crippen molar-refractivity contribution < 1.29 is 9.53 Å². The SMILES string of the molecule is COc1cccc(/C=C/C(=O)N2c3ccccc3CC2C)c1. The molecule has 1 atom stereocenters. The van der Waals surface area contributed by atoms with Crippen molar-refractivity contribution in [2.24, 2.45) is 0 Å². The highest BCUT2D eigenvalue weighted by Gasteiger charge is 2.29. The van der Waals surface area contributed by atoms with Crippen LogP contribution in [0.15, 0.2) is 54.6 Å². The van der Waals surface area contributed by atoms with Crippen molar-refractivity contribution in [3.8, 4) is 5.75 Å². The van der Waals surface area contributed by atoms with Crippen molar-refractivity contribution in [3.05, 3.63) is 65.7 Å². The van der Waals surface area contributed by atoms with Crippen LogP contribution in [0, 0.1) is 0 Å². The Morgan fingerprint density at radius 2 is 2.05 bits per heavy atom. The number of nitrogens with zero attached hydrogens (tertiary/aromatic N) is 1. The van der Waals surface area contributed by atoms with Crippen LogP contribution in [0.25, 0.3) is 6.08 Å². The van der Waals surface area contributed by atoms with E-state index in [1.165, 1.54) is 5.56 Å². The molecule has 3 heteroatoms. The molecule has 1 amide bonds. The van der Waals surface area contributed by atoms with Crippen LogP contribution < -0.4 is 9.64 Å². The largest absolute Gasteiger partial charge is 0.497 e. The smallest absolute Gasteiger partial charge is 0.251 e. The number of anilines is 1. The summed E-state index contributed by atoms with van der Waals surface area (Å²) >= 11 is 0. The molecule has 1 aliphatic heterocycles. The summed E-state index contributed by atoms with van der Waals surface area (Å²) in [6.45, 7) is 2.08. The molecular formula is C19H19NO2. The van der Waals surface area contributed by atoms with Gasteiger partial charge in [0.15, 0.2) is 0 Å². The first-order valence-corrected chi connectivity index (χ1v) is 7.42. The van der Waals surface area contributed by atoms with Gasteiger partial charge in [-0.2, -0.15) is 0 Å². The summed E-state index contributed by atoms with van der Waals surface area (Å²) in [5.41, 5.74) is 3.21. The average Bonchev–Trinajstić information content (AvgIpc) is 2.88. The first-order valence-electron chi connectivity index (χ1n) is 7.42. The maximum absolute atomic E-state index is 12.6. The number of ether oxygens (including phenoxy) is 1. The Morgan fingerprint density at radius 1 is 1.23 bits per heavy atom. The molecule has 2 aromatic rings. The van der Waals surface area contributed by atoms with E-state index in [0.29, 0.717) is 0 Å². The predicted octanol–water partition coefficient (Wildman–Crippen LogP) is 3.69. The fourth-order valence-electron chi connectivity index (χ4n) is 2.89. The molecule has 0 N–H and O–H groups in total. The van der Waals surface area contributed by atoms with Gasteiger partial charge < -0.3 is 9.64 Å². The molecular weight excluding hydrogens is 274 g/mol. The number of hydrogen-bond acceptors (Lipinski definition) is 2. The summed E-state index contributed by atoms with van der Waals surface area (Å²) in [7, 11) is 1.64. The van der Waals surface area contributed by atoms with Crippen molar-refractivity contribution in [3.63, 3.8) is 0 Å². The average molecular weight is 293 g/mol. The fourth-order valence-corrected chi connectivity index (χ4v) is 2.89. The molecule has 0 saturated heterocycles. The second-order valence-corrected chi connectivity index (χ2v) is 5.50. The summed E-state index contributed by atoms with van der Waals surface area (Å²) in [4.78, 5) is 14.4. The molecule has 1 unspecified atom stereocenters. The molecule has 0 radical (unpaired) electrons. The second-order valence-electron chi connectivity index (χ2n) is 5.50. The van der Waals surface area contributed by atoms with E-state index in [1.54, 1.807) is 13.2 Å². The van der Waals surface area contributed by atoms with Crippen molar-refractivity contribution >= 4 is 17.7 Å². The number of fused-ring (bicyclic) bond motifs is 1. The third-order valence-electron chi connectivity index (χ3n) is 3.96. The maximum Gasteiger partial charge on any atom is 0.251 e. The molecule has 2 aromatic carbocycles. The maximum atomic E-state index is 12.6. The van der Waals surface area contributed by atoms with Gasteiger partial charge in [-0.15, -0.1) is 0 Å². The number of carbonyl (C=O) groups excluding carboxylic acids is 1. The Morgan fingerprint density at radius 3 is 2.86 bits per heavy atom. The van der Waals surface area contributed by atoms with E-state index in [4.69, 9.17) is 4.74 Å². The number of para-hydroxylation sites is 1. The van der Waals surface area contributed by atoms with Crippen molar-refractivity contribution in [1.29, 1.82) is 0 Å². The Bertz CT molecular complexity index is 721. The fraction of sp³-hybridized carbons (Fsp3) is 0.211. The molecule has 0 bridgehead atoms. The van der Waals surface area contributed by atoms with Crippen LogP contribution in [0.3, 0.4) is 0 Å². The lowest BCUT2D eigenvalue weighted by atomic mass is 10.1. The van der Waals surface area contributed by atoms with E-state index in [1.807, 2.05) is 53.4 Å². The summed E-state index contributed by atoms with van der Waals surface area (Å²) in [6.07, 6.45) is 4.38. The van der Waals surface area contributed by atoms with Crippen molar-refractivity contribution in [2.45, 2.75) is 19.4 Å². The molecule has 3 rings (SSSR count). The van der Waals surface area contributed by atoms with Gasteiger partial charge in [-0.1, -0.05) is 30.3 Å². The monoisotopic (exact) mass is 293 g/mol. The molecule has 0 spiro atoms. The molecule has 3 nitrogen and oxygen atoms in total. The van der Waals surface area contributed by atoms with Crippen LogP contribution in [-0.2, 0) is 11.2 Å². The highest BCUT2D eigenvalue weighted by atomic mass is 16.5. The highest BCUT2D eigenvalue weighted by molar-refractivity contribution is 6.05. The zero-order chi connectivity index (χ0) is 15.5. The first kappa shape index (κ1) is 14.4. The minimum atomic E-state index is 0.0141. The number of rotatable bonds is 3. The van der Waals surface area contributed by atoms with E-state index in [2.05, 4.69) is 13.0 Å². The number of amides is 1. The van der Waals surface area contributed by atoms with E-state index < -0.39 is 0 Å². The molecule has 0 aromatic heterocycles. The molecule has 1 heterocycles. The van der Waals surface area contributed by atoms with Crippen LogP contribution >= 0.6 is 0 Å². The van der Waals surface area contributed by atoms with Gasteiger partial charge in [0.2, 0.25) is 0 Å². The van der Waals surface area contributed by atoms with E-state index in [9.17, 15) is 4.79 Å². The van der Waals surface area contributed by atoms with Crippen LogP contribution in [-0.4, -0.2) is 19.1 Å². The minimum Gasteiger partial charge on any atom is -0.497 e. The Kier molecular flexibility index (Phi) is 3.96. The lowest BCUT2D eigenvalue weighted by molar-refractivity contribution is -0.114. The molecule has 22 heavy (non-hydrogen) atoms. The number of benzene rings is 2. The molecule has 112 valence electrons. The van der Waals surface area contributed by atoms with Gasteiger partial charge in [0, 0.05) is 17.8 Å². The third kappa shape index (κ3) is 2.75. The van der Waals surface area contributed by atoms with Gasteiger partial charge in [-0.05, 0) is 48.7 Å². The first-order chi connectivity index (χ1) is 10.7. The second kappa shape index (κ2) is 6.06. The summed E-state index contributed by atoms with van der Waals surface area (Å²) in [6, 6.07) is 15.9. The van der Waals surface area contributed by atoms with Crippen molar-refractivity contribution in [2.75, 3.05) is 12.0 Å². The van der Waals surface area contributed by atoms with Gasteiger partial charge in [-0.25, -0.2) is 0 Å². The minimum absolute atomic E-state index is 0.0141. The van der Waals surface area contributed by atoms with Gasteiger partial charge in [0.25, 0.3) is 5.91 Å². The summed E-state index contributed by atoms with van der Waals surface area (Å²) in [5.74, 6) is 0.801. The van der Waals surface area contributed by atoms with Crippen LogP contribution in [0.4, 0.5) is 5.69 Å². The Labute approximate surface area is 130 Å². The van der Waals surface area contributed by atoms with Crippen LogP contribution in [0.2, 0.25) is 0 Å². The number of carbonyl (C=O) groups is 1. The van der Waals surface area contributed by atoms with E-state index in [0.717, 1.165) is 23.4 Å². The quantitative estimate of drug-likeness (QED) is 0.808. The standard InChI is InChI=1S/C19H19NO2/c1-14-12-16-7-3-4-9-18(16)20(14)19(21)11-10-15-6-5-8-17(13-15)22-2/h3-11,13-14H,12H2,1-2H3/b11-10+. The summed E-state index contributed by atoms with van der Waals surface area (Å²) in [5, 5.41) is 0. The van der Waals surface area contributed by atoms with Crippen molar-refractivity contribution in [1.82, 2.24) is 0 Å². The number of methoxy groups -OCH3 is 1. The topological polar surface area (TPSA) is 29.5 Å². The van der Waals surface area contributed by atoms with Crippen LogP contribution in [0.1, 0.15) is 18.1 Å². The lowest BCUT2D eigenvalue weighted by Gasteiger charge is -2.20.